The van der Waals surface area contributed by atoms with Gasteiger partial charge in [0.1, 0.15) is 24.7 Å². The minimum absolute atomic E-state index is 0.445. The van der Waals surface area contributed by atoms with Crippen LogP contribution < -0.4 is 20.3 Å². The second-order valence-electron chi connectivity index (χ2n) is 6.52. The number of pyridine rings is 2. The SMILES string of the molecule is c1ccc(COc2ccc(NNc3ccc(OCc4ccccn4)cc3)cc2)nc1. The standard InChI is InChI=1S/C24H22N4O2/c1-3-15-25-21(5-1)17-29-23-11-7-19(8-12-23)27-28-20-9-13-24(14-10-20)30-18-22-6-2-4-16-26-22/h1-16,27-28H,17-18H2. The Bertz CT molecular complexity index is 937. The van der Waals surface area contributed by atoms with Crippen molar-refractivity contribution in [3.63, 3.8) is 0 Å². The van der Waals surface area contributed by atoms with Crippen LogP contribution in [0.1, 0.15) is 11.4 Å². The maximum atomic E-state index is 5.75. The molecule has 150 valence electrons. The molecule has 0 atom stereocenters. The number of benzene rings is 2. The highest BCUT2D eigenvalue weighted by Crippen LogP contribution is 2.19. The van der Waals surface area contributed by atoms with Gasteiger partial charge in [0.15, 0.2) is 0 Å². The molecule has 0 amide bonds. The van der Waals surface area contributed by atoms with Crippen molar-refractivity contribution < 1.29 is 9.47 Å². The van der Waals surface area contributed by atoms with Crippen LogP contribution >= 0.6 is 0 Å². The summed E-state index contributed by atoms with van der Waals surface area (Å²) in [6, 6.07) is 27.0. The molecular formula is C24H22N4O2. The predicted molar refractivity (Wildman–Crippen MR) is 117 cm³/mol. The fourth-order valence-electron chi connectivity index (χ4n) is 2.69. The molecule has 0 unspecified atom stereocenters. The third-order valence-electron chi connectivity index (χ3n) is 4.29. The monoisotopic (exact) mass is 398 g/mol. The lowest BCUT2D eigenvalue weighted by Crippen LogP contribution is -2.08. The first kappa shape index (κ1) is 19.3. The molecule has 0 spiro atoms. The zero-order valence-electron chi connectivity index (χ0n) is 16.4. The average molecular weight is 398 g/mol. The van der Waals surface area contributed by atoms with Gasteiger partial charge in [-0.2, -0.15) is 0 Å². The van der Waals surface area contributed by atoms with Crippen molar-refractivity contribution in [1.82, 2.24) is 9.97 Å². The molecule has 2 heterocycles. The van der Waals surface area contributed by atoms with E-state index in [1.807, 2.05) is 84.9 Å². The van der Waals surface area contributed by atoms with Gasteiger partial charge in [-0.05, 0) is 72.8 Å². The van der Waals surface area contributed by atoms with Crippen LogP contribution in [0.3, 0.4) is 0 Å². The van der Waals surface area contributed by atoms with Gasteiger partial charge in [0, 0.05) is 12.4 Å². The van der Waals surface area contributed by atoms with Gasteiger partial charge in [0.05, 0.1) is 22.8 Å². The summed E-state index contributed by atoms with van der Waals surface area (Å²) >= 11 is 0. The first-order valence-corrected chi connectivity index (χ1v) is 9.63. The van der Waals surface area contributed by atoms with E-state index < -0.39 is 0 Å². The highest BCUT2D eigenvalue weighted by atomic mass is 16.5. The molecule has 0 aliphatic heterocycles. The van der Waals surface area contributed by atoms with E-state index in [9.17, 15) is 0 Å². The van der Waals surface area contributed by atoms with Gasteiger partial charge in [-0.15, -0.1) is 0 Å². The van der Waals surface area contributed by atoms with Crippen LogP contribution in [0.2, 0.25) is 0 Å². The van der Waals surface area contributed by atoms with Crippen LogP contribution in [0.15, 0.2) is 97.3 Å². The maximum Gasteiger partial charge on any atom is 0.130 e. The Hall–Kier alpha value is -4.06. The topological polar surface area (TPSA) is 68.3 Å². The molecule has 2 aromatic carbocycles. The lowest BCUT2D eigenvalue weighted by Gasteiger charge is -2.12. The molecule has 4 aromatic rings. The second kappa shape index (κ2) is 9.93. The number of aromatic nitrogens is 2. The molecule has 4 rings (SSSR count). The molecule has 0 saturated carbocycles. The Balaban J connectivity index is 1.23. The minimum Gasteiger partial charge on any atom is -0.487 e. The van der Waals surface area contributed by atoms with Gasteiger partial charge in [-0.1, -0.05) is 12.1 Å². The fraction of sp³-hybridized carbons (Fsp3) is 0.0833. The van der Waals surface area contributed by atoms with Crippen LogP contribution in [0.25, 0.3) is 0 Å². The lowest BCUT2D eigenvalue weighted by molar-refractivity contribution is 0.301. The zero-order valence-corrected chi connectivity index (χ0v) is 16.4. The van der Waals surface area contributed by atoms with Crippen LogP contribution in [0.5, 0.6) is 11.5 Å². The van der Waals surface area contributed by atoms with E-state index in [4.69, 9.17) is 9.47 Å². The summed E-state index contributed by atoms with van der Waals surface area (Å²) in [5.41, 5.74) is 9.99. The zero-order chi connectivity index (χ0) is 20.4. The van der Waals surface area contributed by atoms with Crippen LogP contribution in [0, 0.1) is 0 Å². The third-order valence-corrected chi connectivity index (χ3v) is 4.29. The van der Waals surface area contributed by atoms with Gasteiger partial charge >= 0.3 is 0 Å². The van der Waals surface area contributed by atoms with Crippen molar-refractivity contribution >= 4 is 11.4 Å². The van der Waals surface area contributed by atoms with E-state index in [0.29, 0.717) is 13.2 Å². The second-order valence-corrected chi connectivity index (χ2v) is 6.52. The van der Waals surface area contributed by atoms with Gasteiger partial charge in [-0.25, -0.2) is 0 Å². The predicted octanol–water partition coefficient (Wildman–Crippen LogP) is 5.07. The molecule has 0 saturated heterocycles. The largest absolute Gasteiger partial charge is 0.487 e. The molecule has 2 N–H and O–H groups in total. The van der Waals surface area contributed by atoms with Gasteiger partial charge in [0.2, 0.25) is 0 Å². The molecule has 0 aliphatic rings. The molecule has 6 heteroatoms. The molecule has 30 heavy (non-hydrogen) atoms. The Kier molecular flexibility index (Phi) is 6.38. The first-order chi connectivity index (χ1) is 14.8. The average Bonchev–Trinajstić information content (AvgIpc) is 2.83. The summed E-state index contributed by atoms with van der Waals surface area (Å²) in [5.74, 6) is 1.58. The van der Waals surface area contributed by atoms with Crippen molar-refractivity contribution in [2.45, 2.75) is 13.2 Å². The molecule has 0 aliphatic carbocycles. The lowest BCUT2D eigenvalue weighted by atomic mass is 10.3. The van der Waals surface area contributed by atoms with Crippen molar-refractivity contribution in [1.29, 1.82) is 0 Å². The van der Waals surface area contributed by atoms with E-state index in [0.717, 1.165) is 34.3 Å². The normalized spacial score (nSPS) is 10.3. The number of hydrazine groups is 1. The van der Waals surface area contributed by atoms with Crippen molar-refractivity contribution in [3.05, 3.63) is 109 Å². The summed E-state index contributed by atoms with van der Waals surface area (Å²) in [6.45, 7) is 0.890. The molecule has 6 nitrogen and oxygen atoms in total. The molecule has 0 fully saturated rings. The highest BCUT2D eigenvalue weighted by Gasteiger charge is 2.00. The number of hydrogen-bond donors (Lipinski definition) is 2. The van der Waals surface area contributed by atoms with Crippen LogP contribution in [-0.4, -0.2) is 9.97 Å². The van der Waals surface area contributed by atoms with Crippen molar-refractivity contribution in [2.75, 3.05) is 10.9 Å². The minimum atomic E-state index is 0.445. The summed E-state index contributed by atoms with van der Waals surface area (Å²) in [4.78, 5) is 8.50. The smallest absolute Gasteiger partial charge is 0.130 e. The van der Waals surface area contributed by atoms with Crippen LogP contribution in [0.4, 0.5) is 11.4 Å². The van der Waals surface area contributed by atoms with E-state index in [2.05, 4.69) is 20.8 Å². The van der Waals surface area contributed by atoms with E-state index in [-0.39, 0.29) is 0 Å². The van der Waals surface area contributed by atoms with E-state index >= 15 is 0 Å². The number of hydrogen-bond acceptors (Lipinski definition) is 6. The van der Waals surface area contributed by atoms with E-state index in [1.165, 1.54) is 0 Å². The number of ether oxygens (including phenoxy) is 2. The summed E-state index contributed by atoms with van der Waals surface area (Å²) in [5, 5.41) is 0. The fourth-order valence-corrected chi connectivity index (χ4v) is 2.69. The van der Waals surface area contributed by atoms with Crippen LogP contribution in [-0.2, 0) is 13.2 Å². The number of anilines is 2. The highest BCUT2D eigenvalue weighted by molar-refractivity contribution is 5.54. The van der Waals surface area contributed by atoms with Gasteiger partial charge < -0.3 is 20.3 Å². The van der Waals surface area contributed by atoms with Crippen molar-refractivity contribution in [2.24, 2.45) is 0 Å². The quantitative estimate of drug-likeness (QED) is 0.384. The third kappa shape index (κ3) is 5.72. The van der Waals surface area contributed by atoms with E-state index in [1.54, 1.807) is 12.4 Å². The van der Waals surface area contributed by atoms with Gasteiger partial charge in [-0.3, -0.25) is 9.97 Å². The number of nitrogens with one attached hydrogen (secondary N) is 2. The molecule has 0 bridgehead atoms. The Labute approximate surface area is 175 Å². The molecular weight excluding hydrogens is 376 g/mol. The Morgan fingerprint density at radius 1 is 0.533 bits per heavy atom. The molecule has 2 aromatic heterocycles. The molecule has 0 radical (unpaired) electrons. The van der Waals surface area contributed by atoms with Gasteiger partial charge in [0.25, 0.3) is 0 Å². The van der Waals surface area contributed by atoms with Crippen molar-refractivity contribution in [3.8, 4) is 11.5 Å². The summed E-state index contributed by atoms with van der Waals surface area (Å²) in [6.07, 6.45) is 3.52. The Morgan fingerprint density at radius 3 is 1.33 bits per heavy atom. The summed E-state index contributed by atoms with van der Waals surface area (Å²) in [7, 11) is 0. The number of nitrogens with zero attached hydrogens (tertiary/aromatic N) is 2. The number of rotatable bonds is 9. The maximum absolute atomic E-state index is 5.75. The Morgan fingerprint density at radius 2 is 0.967 bits per heavy atom. The first-order valence-electron chi connectivity index (χ1n) is 9.63. The summed E-state index contributed by atoms with van der Waals surface area (Å²) < 4.78 is 11.5.